The molecule has 0 heterocycles. The lowest BCUT2D eigenvalue weighted by Crippen LogP contribution is -2.04. The van der Waals surface area contributed by atoms with Gasteiger partial charge in [-0.3, -0.25) is 0 Å². The van der Waals surface area contributed by atoms with Crippen molar-refractivity contribution in [2.75, 3.05) is 0 Å². The minimum atomic E-state index is 0.316. The van der Waals surface area contributed by atoms with Crippen LogP contribution in [0, 0.1) is 0 Å². The Morgan fingerprint density at radius 3 is 2.50 bits per heavy atom. The van der Waals surface area contributed by atoms with E-state index in [9.17, 15) is 5.11 Å². The van der Waals surface area contributed by atoms with Gasteiger partial charge in [-0.05, 0) is 36.5 Å². The number of hydrogen-bond donors (Lipinski definition) is 2. The van der Waals surface area contributed by atoms with E-state index in [-0.39, 0.29) is 0 Å². The monoisotopic (exact) mass is 208 g/mol. The van der Waals surface area contributed by atoms with Gasteiger partial charge in [0, 0.05) is 4.90 Å². The van der Waals surface area contributed by atoms with E-state index in [1.54, 1.807) is 0 Å². The normalized spacial score (nSPS) is 18.4. The number of phenolic OH excluding ortho intramolecular Hbond substituents is 1. The van der Waals surface area contributed by atoms with Crippen molar-refractivity contribution in [1.82, 2.24) is 0 Å². The van der Waals surface area contributed by atoms with Gasteiger partial charge in [0.05, 0.1) is 0 Å². The van der Waals surface area contributed by atoms with E-state index in [0.29, 0.717) is 16.6 Å². The van der Waals surface area contributed by atoms with Crippen molar-refractivity contribution in [2.24, 2.45) is 0 Å². The molecule has 2 rings (SSSR count). The first-order valence-electron chi connectivity index (χ1n) is 5.29. The lowest BCUT2D eigenvalue weighted by Gasteiger charge is -2.22. The summed E-state index contributed by atoms with van der Waals surface area (Å²) in [7, 11) is 0. The minimum absolute atomic E-state index is 0.316. The summed E-state index contributed by atoms with van der Waals surface area (Å²) in [5.41, 5.74) is 1.28. The molecule has 0 amide bonds. The number of benzene rings is 1. The SMILES string of the molecule is Oc1cc(C2CCCCC2)ccc1S. The molecule has 1 aromatic rings. The molecule has 1 fully saturated rings. The zero-order chi connectivity index (χ0) is 9.97. The van der Waals surface area contributed by atoms with Gasteiger partial charge in [-0.2, -0.15) is 0 Å². The summed E-state index contributed by atoms with van der Waals surface area (Å²) in [5.74, 6) is 0.972. The van der Waals surface area contributed by atoms with Crippen molar-refractivity contribution in [3.8, 4) is 5.75 Å². The molecule has 1 N–H and O–H groups in total. The highest BCUT2D eigenvalue weighted by atomic mass is 32.1. The summed E-state index contributed by atoms with van der Waals surface area (Å²) in [6, 6.07) is 5.86. The van der Waals surface area contributed by atoms with Gasteiger partial charge >= 0.3 is 0 Å². The van der Waals surface area contributed by atoms with Crippen LogP contribution in [0.4, 0.5) is 0 Å². The molecule has 0 aromatic heterocycles. The fraction of sp³-hybridized carbons (Fsp3) is 0.500. The second-order valence-electron chi connectivity index (χ2n) is 4.08. The number of thiol groups is 1. The number of hydrogen-bond acceptors (Lipinski definition) is 2. The van der Waals surface area contributed by atoms with E-state index in [1.165, 1.54) is 37.7 Å². The Bertz CT molecular complexity index is 316. The van der Waals surface area contributed by atoms with E-state index in [0.717, 1.165) is 0 Å². The van der Waals surface area contributed by atoms with Gasteiger partial charge < -0.3 is 5.11 Å². The molecular weight excluding hydrogens is 192 g/mol. The quantitative estimate of drug-likeness (QED) is 0.674. The Morgan fingerprint density at radius 1 is 1.14 bits per heavy atom. The van der Waals surface area contributed by atoms with Gasteiger partial charge in [0.2, 0.25) is 0 Å². The third-order valence-corrected chi connectivity index (χ3v) is 3.45. The van der Waals surface area contributed by atoms with E-state index >= 15 is 0 Å². The third kappa shape index (κ3) is 2.06. The average Bonchev–Trinajstić information content (AvgIpc) is 2.23. The topological polar surface area (TPSA) is 20.2 Å². The molecule has 1 nitrogen and oxygen atoms in total. The highest BCUT2D eigenvalue weighted by Crippen LogP contribution is 2.35. The molecule has 1 aliphatic carbocycles. The predicted molar refractivity (Wildman–Crippen MR) is 61.2 cm³/mol. The van der Waals surface area contributed by atoms with Crippen LogP contribution >= 0.6 is 12.6 Å². The fourth-order valence-corrected chi connectivity index (χ4v) is 2.37. The Hall–Kier alpha value is -0.630. The summed E-state index contributed by atoms with van der Waals surface area (Å²) in [6.45, 7) is 0. The van der Waals surface area contributed by atoms with Crippen LogP contribution < -0.4 is 0 Å². The minimum Gasteiger partial charge on any atom is -0.507 e. The Morgan fingerprint density at radius 2 is 1.86 bits per heavy atom. The lowest BCUT2D eigenvalue weighted by molar-refractivity contribution is 0.435. The maximum absolute atomic E-state index is 9.55. The molecule has 2 heteroatoms. The molecule has 0 unspecified atom stereocenters. The van der Waals surface area contributed by atoms with Crippen molar-refractivity contribution < 1.29 is 5.11 Å². The van der Waals surface area contributed by atoms with Crippen molar-refractivity contribution in [3.05, 3.63) is 23.8 Å². The van der Waals surface area contributed by atoms with Crippen LogP contribution in [0.5, 0.6) is 5.75 Å². The van der Waals surface area contributed by atoms with Crippen LogP contribution in [0.15, 0.2) is 23.1 Å². The molecule has 0 spiro atoms. The van der Waals surface area contributed by atoms with Crippen LogP contribution in [0.3, 0.4) is 0 Å². The van der Waals surface area contributed by atoms with Crippen molar-refractivity contribution in [1.29, 1.82) is 0 Å². The summed E-state index contributed by atoms with van der Waals surface area (Å²) < 4.78 is 0. The van der Waals surface area contributed by atoms with E-state index in [1.807, 2.05) is 12.1 Å². The second-order valence-corrected chi connectivity index (χ2v) is 4.56. The Balaban J connectivity index is 2.18. The maximum atomic E-state index is 9.55. The maximum Gasteiger partial charge on any atom is 0.129 e. The molecule has 1 aliphatic rings. The Labute approximate surface area is 90.6 Å². The number of rotatable bonds is 1. The molecule has 1 aromatic carbocycles. The van der Waals surface area contributed by atoms with Crippen molar-refractivity contribution in [3.63, 3.8) is 0 Å². The Kier molecular flexibility index (Phi) is 3.02. The van der Waals surface area contributed by atoms with Gasteiger partial charge in [0.1, 0.15) is 5.75 Å². The summed E-state index contributed by atoms with van der Waals surface area (Å²) in [5, 5.41) is 9.55. The average molecular weight is 208 g/mol. The van der Waals surface area contributed by atoms with Crippen molar-refractivity contribution >= 4 is 12.6 Å². The number of aromatic hydroxyl groups is 1. The van der Waals surface area contributed by atoms with Gasteiger partial charge in [-0.25, -0.2) is 0 Å². The van der Waals surface area contributed by atoms with Crippen LogP contribution in [0.2, 0.25) is 0 Å². The zero-order valence-corrected chi connectivity index (χ0v) is 9.13. The zero-order valence-electron chi connectivity index (χ0n) is 8.24. The standard InChI is InChI=1S/C12H16OS/c13-11-8-10(6-7-12(11)14)9-4-2-1-3-5-9/h6-9,13-14H,1-5H2. The first-order valence-corrected chi connectivity index (χ1v) is 5.74. The molecule has 0 bridgehead atoms. The highest BCUT2D eigenvalue weighted by molar-refractivity contribution is 7.80. The third-order valence-electron chi connectivity index (χ3n) is 3.08. The highest BCUT2D eigenvalue weighted by Gasteiger charge is 2.15. The van der Waals surface area contributed by atoms with Gasteiger partial charge in [0.25, 0.3) is 0 Å². The van der Waals surface area contributed by atoms with Gasteiger partial charge in [-0.15, -0.1) is 12.6 Å². The fourth-order valence-electron chi connectivity index (χ4n) is 2.23. The molecule has 0 saturated heterocycles. The molecule has 0 aliphatic heterocycles. The molecule has 1 saturated carbocycles. The van der Waals surface area contributed by atoms with E-state index in [4.69, 9.17) is 0 Å². The van der Waals surface area contributed by atoms with Crippen LogP contribution in [-0.4, -0.2) is 5.11 Å². The largest absolute Gasteiger partial charge is 0.507 e. The summed E-state index contributed by atoms with van der Waals surface area (Å²) >= 11 is 4.16. The first kappa shape index (κ1) is 9.91. The second kappa shape index (κ2) is 4.26. The van der Waals surface area contributed by atoms with E-state index in [2.05, 4.69) is 18.7 Å². The predicted octanol–water partition coefficient (Wildman–Crippen LogP) is 3.73. The summed E-state index contributed by atoms with van der Waals surface area (Å²) in [6.07, 6.45) is 6.56. The molecule has 0 atom stereocenters. The smallest absolute Gasteiger partial charge is 0.129 e. The van der Waals surface area contributed by atoms with Crippen LogP contribution in [-0.2, 0) is 0 Å². The van der Waals surface area contributed by atoms with Gasteiger partial charge in [-0.1, -0.05) is 25.3 Å². The van der Waals surface area contributed by atoms with Gasteiger partial charge in [0.15, 0.2) is 0 Å². The van der Waals surface area contributed by atoms with Crippen LogP contribution in [0.1, 0.15) is 43.6 Å². The van der Waals surface area contributed by atoms with E-state index < -0.39 is 0 Å². The molecule has 0 radical (unpaired) electrons. The summed E-state index contributed by atoms with van der Waals surface area (Å²) in [4.78, 5) is 0.671. The molecular formula is C12H16OS. The van der Waals surface area contributed by atoms with Crippen molar-refractivity contribution in [2.45, 2.75) is 42.9 Å². The first-order chi connectivity index (χ1) is 6.77. The molecule has 76 valence electrons. The molecule has 14 heavy (non-hydrogen) atoms. The lowest BCUT2D eigenvalue weighted by atomic mass is 9.84. The van der Waals surface area contributed by atoms with Crippen LogP contribution in [0.25, 0.3) is 0 Å². The number of phenols is 1.